The second-order valence-corrected chi connectivity index (χ2v) is 5.48. The Morgan fingerprint density at radius 2 is 1.65 bits per heavy atom. The first kappa shape index (κ1) is 19.0. The van der Waals surface area contributed by atoms with Crippen molar-refractivity contribution in [3.63, 3.8) is 0 Å². The van der Waals surface area contributed by atoms with E-state index in [1.54, 1.807) is 24.3 Å². The lowest BCUT2D eigenvalue weighted by Gasteiger charge is -2.07. The van der Waals surface area contributed by atoms with Gasteiger partial charge in [0.1, 0.15) is 5.75 Å². The van der Waals surface area contributed by atoms with Crippen LogP contribution in [-0.2, 0) is 9.53 Å². The largest absolute Gasteiger partial charge is 0.494 e. The third-order valence-corrected chi connectivity index (χ3v) is 3.60. The van der Waals surface area contributed by atoms with Crippen molar-refractivity contribution < 1.29 is 24.2 Å². The number of aromatic carboxylic acids is 1. The van der Waals surface area contributed by atoms with Crippen molar-refractivity contribution in [2.75, 3.05) is 13.7 Å². The molecule has 0 spiro atoms. The minimum absolute atomic E-state index is 0.130. The summed E-state index contributed by atoms with van der Waals surface area (Å²) in [5.74, 6) is -0.468. The van der Waals surface area contributed by atoms with Crippen LogP contribution in [0.15, 0.2) is 24.3 Å². The molecular weight excluding hydrogens is 296 g/mol. The maximum absolute atomic E-state index is 10.9. The average Bonchev–Trinajstić information content (AvgIpc) is 2.56. The Hall–Kier alpha value is -2.04. The quantitative estimate of drug-likeness (QED) is 0.464. The van der Waals surface area contributed by atoms with Crippen molar-refractivity contribution in [3.8, 4) is 5.75 Å². The van der Waals surface area contributed by atoms with E-state index in [1.165, 1.54) is 7.11 Å². The van der Waals surface area contributed by atoms with Crippen molar-refractivity contribution >= 4 is 11.9 Å². The van der Waals surface area contributed by atoms with E-state index in [1.807, 2.05) is 0 Å². The Morgan fingerprint density at radius 1 is 1.00 bits per heavy atom. The van der Waals surface area contributed by atoms with Gasteiger partial charge < -0.3 is 14.6 Å². The zero-order chi connectivity index (χ0) is 16.9. The predicted octanol–water partition coefficient (Wildman–Crippen LogP) is 4.06. The molecule has 0 fully saturated rings. The highest BCUT2D eigenvalue weighted by Gasteiger charge is 2.03. The van der Waals surface area contributed by atoms with E-state index >= 15 is 0 Å². The Morgan fingerprint density at radius 3 is 2.30 bits per heavy atom. The Kier molecular flexibility index (Phi) is 9.52. The second kappa shape index (κ2) is 11.5. The van der Waals surface area contributed by atoms with Crippen LogP contribution in [0.5, 0.6) is 5.75 Å². The number of carbonyl (C=O) groups is 2. The number of hydrogen-bond acceptors (Lipinski definition) is 4. The molecule has 1 aromatic rings. The SMILES string of the molecule is COC(=O)CCCCCCCCCOc1cccc(C(=O)O)c1. The summed E-state index contributed by atoms with van der Waals surface area (Å²) in [5.41, 5.74) is 0.245. The van der Waals surface area contributed by atoms with Crippen molar-refractivity contribution in [1.82, 2.24) is 0 Å². The summed E-state index contributed by atoms with van der Waals surface area (Å²) >= 11 is 0. The molecule has 1 N–H and O–H groups in total. The highest BCUT2D eigenvalue weighted by atomic mass is 16.5. The third kappa shape index (κ3) is 8.86. The molecule has 0 saturated heterocycles. The number of carboxylic acid groups (broad SMARTS) is 1. The molecular formula is C18H26O5. The van der Waals surface area contributed by atoms with E-state index in [0.717, 1.165) is 44.9 Å². The molecule has 0 aromatic heterocycles. The number of carbonyl (C=O) groups excluding carboxylic acids is 1. The summed E-state index contributed by atoms with van der Waals surface area (Å²) in [7, 11) is 1.42. The van der Waals surface area contributed by atoms with Crippen LogP contribution in [0.4, 0.5) is 0 Å². The molecule has 0 atom stereocenters. The molecule has 0 heterocycles. The maximum Gasteiger partial charge on any atom is 0.335 e. The van der Waals surface area contributed by atoms with Crippen LogP contribution in [0, 0.1) is 0 Å². The molecule has 0 amide bonds. The molecule has 23 heavy (non-hydrogen) atoms. The van der Waals surface area contributed by atoms with Gasteiger partial charge in [0.25, 0.3) is 0 Å². The molecule has 0 aliphatic rings. The van der Waals surface area contributed by atoms with Crippen LogP contribution in [0.3, 0.4) is 0 Å². The molecule has 128 valence electrons. The zero-order valence-corrected chi connectivity index (χ0v) is 13.8. The molecule has 5 heteroatoms. The summed E-state index contributed by atoms with van der Waals surface area (Å²) in [6.45, 7) is 0.603. The Bertz CT molecular complexity index is 484. The average molecular weight is 322 g/mol. The van der Waals surface area contributed by atoms with Gasteiger partial charge in [0.2, 0.25) is 0 Å². The third-order valence-electron chi connectivity index (χ3n) is 3.60. The highest BCUT2D eigenvalue weighted by Crippen LogP contribution is 2.14. The fourth-order valence-corrected chi connectivity index (χ4v) is 2.27. The van der Waals surface area contributed by atoms with Gasteiger partial charge in [0, 0.05) is 6.42 Å². The minimum Gasteiger partial charge on any atom is -0.494 e. The van der Waals surface area contributed by atoms with Gasteiger partial charge in [-0.15, -0.1) is 0 Å². The lowest BCUT2D eigenvalue weighted by Crippen LogP contribution is -2.00. The summed E-state index contributed by atoms with van der Waals surface area (Å²) < 4.78 is 10.2. The summed E-state index contributed by atoms with van der Waals surface area (Å²) in [6.07, 6.45) is 7.98. The van der Waals surface area contributed by atoms with E-state index < -0.39 is 5.97 Å². The van der Waals surface area contributed by atoms with Crippen molar-refractivity contribution in [1.29, 1.82) is 0 Å². The van der Waals surface area contributed by atoms with Gasteiger partial charge in [0.15, 0.2) is 0 Å². The first-order chi connectivity index (χ1) is 11.1. The smallest absolute Gasteiger partial charge is 0.335 e. The molecule has 1 aromatic carbocycles. The van der Waals surface area contributed by atoms with Gasteiger partial charge in [-0.25, -0.2) is 4.79 Å². The van der Waals surface area contributed by atoms with Gasteiger partial charge >= 0.3 is 11.9 Å². The second-order valence-electron chi connectivity index (χ2n) is 5.48. The lowest BCUT2D eigenvalue weighted by atomic mass is 10.1. The number of unbranched alkanes of at least 4 members (excludes halogenated alkanes) is 6. The van der Waals surface area contributed by atoms with Crippen LogP contribution in [0.2, 0.25) is 0 Å². The predicted molar refractivity (Wildman–Crippen MR) is 87.8 cm³/mol. The number of carboxylic acids is 1. The fraction of sp³-hybridized carbons (Fsp3) is 0.556. The number of hydrogen-bond donors (Lipinski definition) is 1. The van der Waals surface area contributed by atoms with Crippen LogP contribution in [-0.4, -0.2) is 30.8 Å². The molecule has 0 aliphatic carbocycles. The lowest BCUT2D eigenvalue weighted by molar-refractivity contribution is -0.140. The fourth-order valence-electron chi connectivity index (χ4n) is 2.27. The van der Waals surface area contributed by atoms with Crippen molar-refractivity contribution in [3.05, 3.63) is 29.8 Å². The number of ether oxygens (including phenoxy) is 2. The standard InChI is InChI=1S/C18H26O5/c1-22-17(19)12-7-5-3-2-4-6-8-13-23-16-11-9-10-15(14-16)18(20)21/h9-11,14H,2-8,12-13H2,1H3,(H,20,21). The van der Waals surface area contributed by atoms with E-state index in [4.69, 9.17) is 9.84 Å². The minimum atomic E-state index is -0.942. The molecule has 0 aliphatic heterocycles. The van der Waals surface area contributed by atoms with Gasteiger partial charge in [-0.3, -0.25) is 4.79 Å². The van der Waals surface area contributed by atoms with E-state index in [2.05, 4.69) is 4.74 Å². The van der Waals surface area contributed by atoms with Gasteiger partial charge in [-0.2, -0.15) is 0 Å². The van der Waals surface area contributed by atoms with Gasteiger partial charge in [-0.05, 0) is 31.0 Å². The molecule has 1 rings (SSSR count). The van der Waals surface area contributed by atoms with E-state index in [9.17, 15) is 9.59 Å². The topological polar surface area (TPSA) is 72.8 Å². The van der Waals surface area contributed by atoms with Gasteiger partial charge in [-0.1, -0.05) is 38.2 Å². The first-order valence-electron chi connectivity index (χ1n) is 8.16. The Balaban J connectivity index is 1.98. The summed E-state index contributed by atoms with van der Waals surface area (Å²) in [4.78, 5) is 21.8. The molecule has 5 nitrogen and oxygen atoms in total. The summed E-state index contributed by atoms with van der Waals surface area (Å²) in [5, 5.41) is 8.90. The van der Waals surface area contributed by atoms with Crippen LogP contribution in [0.1, 0.15) is 61.7 Å². The zero-order valence-electron chi connectivity index (χ0n) is 13.8. The molecule has 0 bridgehead atoms. The first-order valence-corrected chi connectivity index (χ1v) is 8.16. The maximum atomic E-state index is 10.9. The normalized spacial score (nSPS) is 10.3. The Labute approximate surface area is 137 Å². The van der Waals surface area contributed by atoms with Crippen LogP contribution < -0.4 is 4.74 Å². The van der Waals surface area contributed by atoms with Crippen LogP contribution in [0.25, 0.3) is 0 Å². The van der Waals surface area contributed by atoms with Crippen molar-refractivity contribution in [2.24, 2.45) is 0 Å². The van der Waals surface area contributed by atoms with Crippen LogP contribution >= 0.6 is 0 Å². The van der Waals surface area contributed by atoms with Gasteiger partial charge in [0.05, 0.1) is 19.3 Å². The van der Waals surface area contributed by atoms with E-state index in [0.29, 0.717) is 18.8 Å². The molecule has 0 saturated carbocycles. The summed E-state index contributed by atoms with van der Waals surface area (Å²) in [6, 6.07) is 6.56. The molecule has 0 radical (unpaired) electrons. The monoisotopic (exact) mass is 322 g/mol. The molecule has 0 unspecified atom stereocenters. The number of benzene rings is 1. The van der Waals surface area contributed by atoms with Crippen molar-refractivity contribution in [2.45, 2.75) is 51.4 Å². The van der Waals surface area contributed by atoms with E-state index in [-0.39, 0.29) is 11.5 Å². The number of rotatable bonds is 12. The number of methoxy groups -OCH3 is 1. The highest BCUT2D eigenvalue weighted by molar-refractivity contribution is 5.87. The number of esters is 1.